The minimum absolute atomic E-state index is 0.0935. The van der Waals surface area contributed by atoms with Crippen LogP contribution in [0.4, 0.5) is 5.69 Å². The van der Waals surface area contributed by atoms with Gasteiger partial charge in [0.1, 0.15) is 5.78 Å². The highest BCUT2D eigenvalue weighted by atomic mass is 16.1. The van der Waals surface area contributed by atoms with Gasteiger partial charge in [0.2, 0.25) is 0 Å². The molecule has 80 valence electrons. The van der Waals surface area contributed by atoms with Gasteiger partial charge in [-0.05, 0) is 30.5 Å². The Kier molecular flexibility index (Phi) is 3.05. The predicted molar refractivity (Wildman–Crippen MR) is 61.7 cm³/mol. The first-order chi connectivity index (χ1) is 7.27. The predicted octanol–water partition coefficient (Wildman–Crippen LogP) is 2.89. The van der Waals surface area contributed by atoms with Crippen LogP contribution in [0.1, 0.15) is 43.6 Å². The zero-order chi connectivity index (χ0) is 10.7. The Morgan fingerprint density at radius 3 is 2.87 bits per heavy atom. The van der Waals surface area contributed by atoms with Gasteiger partial charge in [-0.3, -0.25) is 4.79 Å². The SMILES string of the molecule is Nc1cccc(C2CCCCCC2=O)c1. The fourth-order valence-electron chi connectivity index (χ4n) is 2.29. The molecule has 0 spiro atoms. The van der Waals surface area contributed by atoms with E-state index >= 15 is 0 Å². The molecule has 1 aromatic rings. The van der Waals surface area contributed by atoms with Gasteiger partial charge in [-0.25, -0.2) is 0 Å². The summed E-state index contributed by atoms with van der Waals surface area (Å²) in [4.78, 5) is 11.9. The van der Waals surface area contributed by atoms with Gasteiger partial charge in [-0.1, -0.05) is 25.0 Å². The first-order valence-electron chi connectivity index (χ1n) is 5.65. The second kappa shape index (κ2) is 4.47. The molecule has 2 nitrogen and oxygen atoms in total. The Balaban J connectivity index is 2.24. The van der Waals surface area contributed by atoms with Crippen LogP contribution in [0.15, 0.2) is 24.3 Å². The molecule has 2 rings (SSSR count). The van der Waals surface area contributed by atoms with Crippen molar-refractivity contribution in [3.05, 3.63) is 29.8 Å². The van der Waals surface area contributed by atoms with Gasteiger partial charge in [0.05, 0.1) is 0 Å². The van der Waals surface area contributed by atoms with Crippen molar-refractivity contribution >= 4 is 11.5 Å². The molecule has 0 amide bonds. The van der Waals surface area contributed by atoms with Crippen LogP contribution < -0.4 is 5.73 Å². The van der Waals surface area contributed by atoms with Gasteiger partial charge >= 0.3 is 0 Å². The fraction of sp³-hybridized carbons (Fsp3) is 0.462. The third-order valence-electron chi connectivity index (χ3n) is 3.12. The first-order valence-corrected chi connectivity index (χ1v) is 5.65. The zero-order valence-electron chi connectivity index (χ0n) is 8.91. The number of benzene rings is 1. The molecule has 1 aromatic carbocycles. The quantitative estimate of drug-likeness (QED) is 0.563. The normalized spacial score (nSPS) is 22.4. The minimum Gasteiger partial charge on any atom is -0.399 e. The lowest BCUT2D eigenvalue weighted by Gasteiger charge is -2.13. The zero-order valence-corrected chi connectivity index (χ0v) is 8.91. The van der Waals surface area contributed by atoms with Gasteiger partial charge in [0.25, 0.3) is 0 Å². The fourth-order valence-corrected chi connectivity index (χ4v) is 2.29. The molecule has 0 aromatic heterocycles. The molecule has 15 heavy (non-hydrogen) atoms. The molecule has 1 fully saturated rings. The molecule has 1 unspecified atom stereocenters. The largest absolute Gasteiger partial charge is 0.399 e. The van der Waals surface area contributed by atoms with Crippen LogP contribution in [-0.4, -0.2) is 5.78 Å². The van der Waals surface area contributed by atoms with E-state index in [4.69, 9.17) is 5.73 Å². The highest BCUT2D eigenvalue weighted by Gasteiger charge is 2.22. The van der Waals surface area contributed by atoms with E-state index in [0.29, 0.717) is 5.78 Å². The Morgan fingerprint density at radius 1 is 1.20 bits per heavy atom. The highest BCUT2D eigenvalue weighted by Crippen LogP contribution is 2.29. The Hall–Kier alpha value is -1.31. The molecule has 1 aliphatic rings. The molecule has 1 saturated carbocycles. The molecular formula is C13H17NO. The van der Waals surface area contributed by atoms with E-state index in [1.54, 1.807) is 0 Å². The van der Waals surface area contributed by atoms with E-state index in [1.165, 1.54) is 6.42 Å². The Bertz CT molecular complexity index is 359. The van der Waals surface area contributed by atoms with Crippen molar-refractivity contribution in [3.8, 4) is 0 Å². The van der Waals surface area contributed by atoms with Crippen LogP contribution in [0.2, 0.25) is 0 Å². The number of carbonyl (C=O) groups excluding carboxylic acids is 1. The minimum atomic E-state index is 0.0935. The molecule has 0 aliphatic heterocycles. The Labute approximate surface area is 90.5 Å². The number of Topliss-reactive ketones (excluding diaryl/α,β-unsaturated/α-hetero) is 1. The summed E-state index contributed by atoms with van der Waals surface area (Å²) in [7, 11) is 0. The lowest BCUT2D eigenvalue weighted by molar-refractivity contribution is -0.120. The molecule has 0 radical (unpaired) electrons. The summed E-state index contributed by atoms with van der Waals surface area (Å²) in [6.07, 6.45) is 5.12. The number of anilines is 1. The van der Waals surface area contributed by atoms with Crippen molar-refractivity contribution in [2.45, 2.75) is 38.0 Å². The summed E-state index contributed by atoms with van der Waals surface area (Å²) in [5.74, 6) is 0.481. The van der Waals surface area contributed by atoms with Crippen molar-refractivity contribution in [2.75, 3.05) is 5.73 Å². The number of hydrogen-bond donors (Lipinski definition) is 1. The standard InChI is InChI=1S/C13H17NO/c14-11-6-4-5-10(9-11)12-7-2-1-3-8-13(12)15/h4-6,9,12H,1-3,7-8,14H2. The van der Waals surface area contributed by atoms with Crippen LogP contribution in [0.5, 0.6) is 0 Å². The number of rotatable bonds is 1. The Morgan fingerprint density at radius 2 is 2.07 bits per heavy atom. The lowest BCUT2D eigenvalue weighted by atomic mass is 9.90. The van der Waals surface area contributed by atoms with E-state index in [0.717, 1.165) is 36.9 Å². The second-order valence-corrected chi connectivity index (χ2v) is 4.29. The maximum absolute atomic E-state index is 11.9. The van der Waals surface area contributed by atoms with E-state index in [1.807, 2.05) is 24.3 Å². The molecule has 2 heteroatoms. The maximum Gasteiger partial charge on any atom is 0.140 e. The van der Waals surface area contributed by atoms with E-state index < -0.39 is 0 Å². The third kappa shape index (κ3) is 2.38. The number of nitrogens with two attached hydrogens (primary N) is 1. The lowest BCUT2D eigenvalue weighted by Crippen LogP contribution is -2.10. The molecule has 0 bridgehead atoms. The van der Waals surface area contributed by atoms with E-state index in [9.17, 15) is 4.79 Å². The van der Waals surface area contributed by atoms with E-state index in [-0.39, 0.29) is 5.92 Å². The number of ketones is 1. The van der Waals surface area contributed by atoms with Crippen molar-refractivity contribution < 1.29 is 4.79 Å². The van der Waals surface area contributed by atoms with Crippen LogP contribution in [0.3, 0.4) is 0 Å². The second-order valence-electron chi connectivity index (χ2n) is 4.29. The molecule has 2 N–H and O–H groups in total. The average molecular weight is 203 g/mol. The monoisotopic (exact) mass is 203 g/mol. The molecular weight excluding hydrogens is 186 g/mol. The van der Waals surface area contributed by atoms with Gasteiger partial charge in [0.15, 0.2) is 0 Å². The molecule has 0 saturated heterocycles. The van der Waals surface area contributed by atoms with Gasteiger partial charge in [-0.2, -0.15) is 0 Å². The molecule has 1 atom stereocenters. The smallest absolute Gasteiger partial charge is 0.140 e. The van der Waals surface area contributed by atoms with Crippen LogP contribution in [0, 0.1) is 0 Å². The first kappa shape index (κ1) is 10.2. The number of carbonyl (C=O) groups is 1. The summed E-state index contributed by atoms with van der Waals surface area (Å²) in [6.45, 7) is 0. The summed E-state index contributed by atoms with van der Waals surface area (Å²) in [6, 6.07) is 7.76. The maximum atomic E-state index is 11.9. The van der Waals surface area contributed by atoms with Crippen molar-refractivity contribution in [1.29, 1.82) is 0 Å². The summed E-state index contributed by atoms with van der Waals surface area (Å²) in [5.41, 5.74) is 7.59. The van der Waals surface area contributed by atoms with Gasteiger partial charge < -0.3 is 5.73 Å². The summed E-state index contributed by atoms with van der Waals surface area (Å²) >= 11 is 0. The van der Waals surface area contributed by atoms with Crippen LogP contribution in [-0.2, 0) is 4.79 Å². The molecule has 0 heterocycles. The van der Waals surface area contributed by atoms with Crippen LogP contribution >= 0.6 is 0 Å². The third-order valence-corrected chi connectivity index (χ3v) is 3.12. The van der Waals surface area contributed by atoms with Crippen molar-refractivity contribution in [1.82, 2.24) is 0 Å². The average Bonchev–Trinajstić information content (AvgIpc) is 2.43. The van der Waals surface area contributed by atoms with Crippen molar-refractivity contribution in [3.63, 3.8) is 0 Å². The van der Waals surface area contributed by atoms with E-state index in [2.05, 4.69) is 0 Å². The number of nitrogen functional groups attached to an aromatic ring is 1. The molecule has 1 aliphatic carbocycles. The summed E-state index contributed by atoms with van der Waals surface area (Å²) < 4.78 is 0. The highest BCUT2D eigenvalue weighted by molar-refractivity contribution is 5.86. The van der Waals surface area contributed by atoms with Gasteiger partial charge in [0, 0.05) is 18.0 Å². The van der Waals surface area contributed by atoms with Gasteiger partial charge in [-0.15, -0.1) is 0 Å². The topological polar surface area (TPSA) is 43.1 Å². The van der Waals surface area contributed by atoms with Crippen molar-refractivity contribution in [2.24, 2.45) is 0 Å². The summed E-state index contributed by atoms with van der Waals surface area (Å²) in [5, 5.41) is 0. The van der Waals surface area contributed by atoms with Crippen LogP contribution in [0.25, 0.3) is 0 Å². The number of hydrogen-bond acceptors (Lipinski definition) is 2.